The SMILES string of the molecule is Cc1[c]cccc1.[BiH3]. The van der Waals surface area contributed by atoms with Crippen molar-refractivity contribution in [1.82, 2.24) is 0 Å². The molecule has 0 nitrogen and oxygen atoms in total. The van der Waals surface area contributed by atoms with Gasteiger partial charge in [0.15, 0.2) is 0 Å². The normalized spacial score (nSPS) is 7.62. The second kappa shape index (κ2) is 4.03. The summed E-state index contributed by atoms with van der Waals surface area (Å²) < 4.78 is 0. The molecule has 0 aromatic heterocycles. The first-order chi connectivity index (χ1) is 3.39. The average molecular weight is 303 g/mol. The molecule has 0 aliphatic carbocycles. The Morgan fingerprint density at radius 3 is 2.38 bits per heavy atom. The predicted octanol–water partition coefficient (Wildman–Crippen LogP) is 0.611. The van der Waals surface area contributed by atoms with Crippen LogP contribution in [0, 0.1) is 13.0 Å². The Morgan fingerprint density at radius 1 is 1.38 bits per heavy atom. The van der Waals surface area contributed by atoms with Crippen molar-refractivity contribution in [1.29, 1.82) is 0 Å². The van der Waals surface area contributed by atoms with E-state index in [9.17, 15) is 0 Å². The predicted molar refractivity (Wildman–Crippen MR) is 40.0 cm³/mol. The van der Waals surface area contributed by atoms with Crippen molar-refractivity contribution in [2.75, 3.05) is 0 Å². The number of hydrogen-bond acceptors (Lipinski definition) is 0. The van der Waals surface area contributed by atoms with E-state index in [4.69, 9.17) is 0 Å². The Kier molecular flexibility index (Phi) is 4.08. The molecule has 43 valence electrons. The van der Waals surface area contributed by atoms with Gasteiger partial charge in [-0.3, -0.25) is 0 Å². The van der Waals surface area contributed by atoms with Gasteiger partial charge >= 0.3 is 26.2 Å². The van der Waals surface area contributed by atoms with E-state index < -0.39 is 0 Å². The minimum atomic E-state index is 0. The van der Waals surface area contributed by atoms with Crippen LogP contribution in [0.2, 0.25) is 0 Å². The Hall–Kier alpha value is 0.103. The van der Waals surface area contributed by atoms with Crippen LogP contribution in [0.5, 0.6) is 0 Å². The van der Waals surface area contributed by atoms with Crippen molar-refractivity contribution in [3.63, 3.8) is 0 Å². The standard InChI is InChI=1S/C7H7.Bi.3H/c1-7-5-3-2-4-6-7;;;;/h2-5H,1H3;;;;. The maximum atomic E-state index is 3.03. The molecule has 0 aliphatic rings. The van der Waals surface area contributed by atoms with Crippen LogP contribution in [0.25, 0.3) is 0 Å². The van der Waals surface area contributed by atoms with Crippen LogP contribution in [0.3, 0.4) is 0 Å². The van der Waals surface area contributed by atoms with Crippen LogP contribution >= 0.6 is 0 Å². The molecule has 1 rings (SSSR count). The Bertz CT molecular complexity index is 134. The van der Waals surface area contributed by atoms with Crippen molar-refractivity contribution in [2.24, 2.45) is 0 Å². The van der Waals surface area contributed by atoms with Crippen LogP contribution < -0.4 is 0 Å². The molecule has 1 heteroatoms. The van der Waals surface area contributed by atoms with Crippen molar-refractivity contribution in [3.8, 4) is 0 Å². The van der Waals surface area contributed by atoms with Crippen molar-refractivity contribution >= 4 is 26.2 Å². The average Bonchev–Trinajstić information content (AvgIpc) is 1.69. The van der Waals surface area contributed by atoms with E-state index in [1.54, 1.807) is 0 Å². The first-order valence-electron chi connectivity index (χ1n) is 2.33. The fraction of sp³-hybridized carbons (Fsp3) is 0.143. The molecule has 0 bridgehead atoms. The van der Waals surface area contributed by atoms with Crippen LogP contribution in [-0.4, -0.2) is 26.2 Å². The number of benzene rings is 1. The van der Waals surface area contributed by atoms with Gasteiger partial charge in [-0.05, 0) is 18.6 Å². The van der Waals surface area contributed by atoms with Gasteiger partial charge in [-0.1, -0.05) is 24.3 Å². The maximum absolute atomic E-state index is 3.03. The van der Waals surface area contributed by atoms with Gasteiger partial charge in [0.1, 0.15) is 0 Å². The van der Waals surface area contributed by atoms with Crippen LogP contribution in [0.15, 0.2) is 24.3 Å². The van der Waals surface area contributed by atoms with Crippen molar-refractivity contribution < 1.29 is 0 Å². The summed E-state index contributed by atoms with van der Waals surface area (Å²) in [6, 6.07) is 10.9. The van der Waals surface area contributed by atoms with E-state index in [0.29, 0.717) is 0 Å². The minimum absolute atomic E-state index is 0. The molecule has 8 heavy (non-hydrogen) atoms. The van der Waals surface area contributed by atoms with E-state index in [1.165, 1.54) is 5.56 Å². The van der Waals surface area contributed by atoms with Gasteiger partial charge in [-0.25, -0.2) is 0 Å². The van der Waals surface area contributed by atoms with Crippen LogP contribution in [-0.2, 0) is 0 Å². The van der Waals surface area contributed by atoms with Crippen LogP contribution in [0.4, 0.5) is 0 Å². The second-order valence-electron chi connectivity index (χ2n) is 1.55. The third kappa shape index (κ3) is 2.42. The fourth-order valence-electron chi connectivity index (χ4n) is 0.483. The zero-order valence-electron chi connectivity index (χ0n) is 5.02. The molecule has 1 aromatic carbocycles. The molecule has 0 aliphatic heterocycles. The van der Waals surface area contributed by atoms with Gasteiger partial charge in [0.2, 0.25) is 0 Å². The number of hydrogen-bond donors (Lipinski definition) is 0. The third-order valence-electron chi connectivity index (χ3n) is 0.865. The van der Waals surface area contributed by atoms with Gasteiger partial charge in [0.05, 0.1) is 0 Å². The summed E-state index contributed by atoms with van der Waals surface area (Å²) in [6.07, 6.45) is 0. The Balaban J connectivity index is 0.000000490. The van der Waals surface area contributed by atoms with E-state index in [2.05, 4.69) is 6.07 Å². The van der Waals surface area contributed by atoms with Gasteiger partial charge in [0, 0.05) is 0 Å². The molecular weight excluding hydrogens is 293 g/mol. The molecule has 0 spiro atoms. The summed E-state index contributed by atoms with van der Waals surface area (Å²) in [4.78, 5) is 0. The molecule has 0 saturated heterocycles. The number of rotatable bonds is 0. The quantitative estimate of drug-likeness (QED) is 0.616. The molecule has 0 amide bonds. The van der Waals surface area contributed by atoms with E-state index in [0.717, 1.165) is 0 Å². The third-order valence-corrected chi connectivity index (χ3v) is 0.865. The van der Waals surface area contributed by atoms with Crippen LogP contribution in [0.1, 0.15) is 5.56 Å². The zero-order valence-corrected chi connectivity index (χ0v) is 10.5. The zero-order chi connectivity index (χ0) is 5.11. The molecule has 0 fully saturated rings. The van der Waals surface area contributed by atoms with Gasteiger partial charge in [-0.15, -0.1) is 0 Å². The monoisotopic (exact) mass is 303 g/mol. The molecule has 1 radical (unpaired) electrons. The van der Waals surface area contributed by atoms with Gasteiger partial charge in [0.25, 0.3) is 0 Å². The van der Waals surface area contributed by atoms with Gasteiger partial charge < -0.3 is 0 Å². The summed E-state index contributed by atoms with van der Waals surface area (Å²) in [7, 11) is 0. The topological polar surface area (TPSA) is 0 Å². The summed E-state index contributed by atoms with van der Waals surface area (Å²) in [5.41, 5.74) is 1.20. The molecule has 1 aromatic rings. The number of aryl methyl sites for hydroxylation is 1. The molecular formula is C7H10Bi. The first kappa shape index (κ1) is 8.10. The molecule has 0 saturated carbocycles. The van der Waals surface area contributed by atoms with E-state index in [1.807, 2.05) is 31.2 Å². The van der Waals surface area contributed by atoms with E-state index in [-0.39, 0.29) is 26.2 Å². The van der Waals surface area contributed by atoms with Gasteiger partial charge in [-0.2, -0.15) is 0 Å². The summed E-state index contributed by atoms with van der Waals surface area (Å²) >= 11 is 0. The van der Waals surface area contributed by atoms with Crippen molar-refractivity contribution in [3.05, 3.63) is 35.9 Å². The Labute approximate surface area is 69.0 Å². The fourth-order valence-corrected chi connectivity index (χ4v) is 0.483. The molecule has 0 heterocycles. The molecule has 0 N–H and O–H groups in total. The van der Waals surface area contributed by atoms with E-state index >= 15 is 0 Å². The van der Waals surface area contributed by atoms with Crippen molar-refractivity contribution in [2.45, 2.75) is 6.92 Å². The Morgan fingerprint density at radius 2 is 2.12 bits per heavy atom. The summed E-state index contributed by atoms with van der Waals surface area (Å²) in [5, 5.41) is 0. The molecule has 0 atom stereocenters. The second-order valence-corrected chi connectivity index (χ2v) is 1.55. The first-order valence-corrected chi connectivity index (χ1v) is 2.33. The summed E-state index contributed by atoms with van der Waals surface area (Å²) in [6.45, 7) is 2.03. The summed E-state index contributed by atoms with van der Waals surface area (Å²) in [5.74, 6) is 0. The molecule has 0 unspecified atom stereocenters.